The smallest absolute Gasteiger partial charge is 0.165 e. The Labute approximate surface area is 155 Å². The maximum Gasteiger partial charge on any atom is 0.165 e. The highest BCUT2D eigenvalue weighted by Crippen LogP contribution is 2.41. The van der Waals surface area contributed by atoms with Crippen molar-refractivity contribution in [1.82, 2.24) is 10.2 Å². The molecule has 2 fully saturated rings. The van der Waals surface area contributed by atoms with Crippen molar-refractivity contribution in [3.63, 3.8) is 0 Å². The SMILES string of the molecule is Cc1ccc(F)c(O)c1[C@H](C1CCOCC1)N1CCNCC1.Cl.Cl. The van der Waals surface area contributed by atoms with E-state index in [1.54, 1.807) is 6.07 Å². The van der Waals surface area contributed by atoms with Crippen LogP contribution < -0.4 is 5.32 Å². The van der Waals surface area contributed by atoms with Gasteiger partial charge in [0.05, 0.1) is 0 Å². The van der Waals surface area contributed by atoms with E-state index in [9.17, 15) is 9.50 Å². The van der Waals surface area contributed by atoms with Gasteiger partial charge in [-0.3, -0.25) is 4.90 Å². The molecule has 138 valence electrons. The van der Waals surface area contributed by atoms with E-state index in [0.29, 0.717) is 5.92 Å². The molecule has 3 rings (SSSR count). The molecule has 4 nitrogen and oxygen atoms in total. The Kier molecular flexibility index (Phi) is 8.74. The molecule has 0 saturated carbocycles. The average Bonchev–Trinajstić information content (AvgIpc) is 2.57. The molecule has 0 aromatic heterocycles. The number of hydrogen-bond acceptors (Lipinski definition) is 4. The number of benzene rings is 1. The van der Waals surface area contributed by atoms with Crippen molar-refractivity contribution in [3.8, 4) is 5.75 Å². The number of nitrogens with zero attached hydrogens (tertiary/aromatic N) is 1. The first-order valence-corrected chi connectivity index (χ1v) is 8.19. The largest absolute Gasteiger partial charge is 0.505 e. The van der Waals surface area contributed by atoms with Crippen LogP contribution in [0.25, 0.3) is 0 Å². The molecule has 1 aromatic carbocycles. The number of hydrogen-bond donors (Lipinski definition) is 2. The fraction of sp³-hybridized carbons (Fsp3) is 0.647. The van der Waals surface area contributed by atoms with Crippen LogP contribution in [-0.4, -0.2) is 49.4 Å². The van der Waals surface area contributed by atoms with Gasteiger partial charge in [0.15, 0.2) is 11.6 Å². The molecule has 2 saturated heterocycles. The zero-order valence-corrected chi connectivity index (χ0v) is 15.6. The number of nitrogens with one attached hydrogen (secondary N) is 1. The number of aromatic hydroxyl groups is 1. The minimum atomic E-state index is -0.521. The molecule has 1 aromatic rings. The molecule has 7 heteroatoms. The molecule has 0 unspecified atom stereocenters. The van der Waals surface area contributed by atoms with Crippen LogP contribution >= 0.6 is 24.8 Å². The summed E-state index contributed by atoms with van der Waals surface area (Å²) in [5.41, 5.74) is 1.74. The molecule has 0 radical (unpaired) electrons. The van der Waals surface area contributed by atoms with Crippen LogP contribution in [0.5, 0.6) is 5.75 Å². The Morgan fingerprint density at radius 3 is 2.46 bits per heavy atom. The average molecular weight is 381 g/mol. The van der Waals surface area contributed by atoms with Gasteiger partial charge in [-0.1, -0.05) is 6.07 Å². The Morgan fingerprint density at radius 1 is 1.21 bits per heavy atom. The lowest BCUT2D eigenvalue weighted by Gasteiger charge is -2.41. The van der Waals surface area contributed by atoms with Gasteiger partial charge in [0, 0.05) is 51.0 Å². The summed E-state index contributed by atoms with van der Waals surface area (Å²) in [6.07, 6.45) is 1.92. The molecular formula is C17H27Cl2FN2O2. The van der Waals surface area contributed by atoms with Gasteiger partial charge >= 0.3 is 0 Å². The van der Waals surface area contributed by atoms with Crippen molar-refractivity contribution in [2.75, 3.05) is 39.4 Å². The fourth-order valence-electron chi connectivity index (χ4n) is 3.76. The van der Waals surface area contributed by atoms with Crippen molar-refractivity contribution in [2.45, 2.75) is 25.8 Å². The van der Waals surface area contributed by atoms with Gasteiger partial charge in [-0.25, -0.2) is 4.39 Å². The molecule has 1 atom stereocenters. The second kappa shape index (κ2) is 9.78. The van der Waals surface area contributed by atoms with Crippen molar-refractivity contribution < 1.29 is 14.2 Å². The summed E-state index contributed by atoms with van der Waals surface area (Å²) >= 11 is 0. The fourth-order valence-corrected chi connectivity index (χ4v) is 3.76. The minimum Gasteiger partial charge on any atom is -0.505 e. The molecule has 2 N–H and O–H groups in total. The van der Waals surface area contributed by atoms with Crippen LogP contribution in [0.4, 0.5) is 4.39 Å². The van der Waals surface area contributed by atoms with Crippen molar-refractivity contribution in [1.29, 1.82) is 0 Å². The topological polar surface area (TPSA) is 44.7 Å². The zero-order chi connectivity index (χ0) is 15.5. The Balaban J connectivity index is 0.00000144. The van der Waals surface area contributed by atoms with E-state index in [1.165, 1.54) is 6.07 Å². The number of rotatable bonds is 3. The predicted octanol–water partition coefficient (Wildman–Crippen LogP) is 3.06. The summed E-state index contributed by atoms with van der Waals surface area (Å²) in [4.78, 5) is 2.40. The molecule has 2 aliphatic heterocycles. The summed E-state index contributed by atoms with van der Waals surface area (Å²) < 4.78 is 19.4. The second-order valence-corrected chi connectivity index (χ2v) is 6.31. The molecule has 0 aliphatic carbocycles. The third-order valence-corrected chi connectivity index (χ3v) is 4.94. The van der Waals surface area contributed by atoms with Gasteiger partial charge in [0.1, 0.15) is 0 Å². The third kappa shape index (κ3) is 4.52. The van der Waals surface area contributed by atoms with Crippen molar-refractivity contribution >= 4 is 24.8 Å². The lowest BCUT2D eigenvalue weighted by atomic mass is 9.83. The first kappa shape index (κ1) is 21.5. The maximum atomic E-state index is 13.9. The third-order valence-electron chi connectivity index (χ3n) is 4.94. The van der Waals surface area contributed by atoms with Gasteiger partial charge in [-0.2, -0.15) is 0 Å². The summed E-state index contributed by atoms with van der Waals surface area (Å²) in [5, 5.41) is 13.7. The van der Waals surface area contributed by atoms with Crippen LogP contribution in [0.3, 0.4) is 0 Å². The van der Waals surface area contributed by atoms with Crippen LogP contribution in [0.2, 0.25) is 0 Å². The van der Waals surface area contributed by atoms with E-state index in [4.69, 9.17) is 4.74 Å². The van der Waals surface area contributed by atoms with Crippen LogP contribution in [0.1, 0.15) is 30.0 Å². The second-order valence-electron chi connectivity index (χ2n) is 6.31. The van der Waals surface area contributed by atoms with E-state index in [0.717, 1.165) is 63.4 Å². The quantitative estimate of drug-likeness (QED) is 0.845. The number of halogens is 3. The number of piperazine rings is 1. The normalized spacial score (nSPS) is 20.8. The number of ether oxygens (including phenoxy) is 1. The standard InChI is InChI=1S/C17H25FN2O2.2ClH/c1-12-2-3-14(18)17(21)15(12)16(13-4-10-22-11-5-13)20-8-6-19-7-9-20;;/h2-3,13,16,19,21H,4-11H2,1H3;2*1H/t16-;;/m0../s1. The van der Waals surface area contributed by atoms with Crippen molar-refractivity contribution in [3.05, 3.63) is 29.1 Å². The van der Waals surface area contributed by atoms with Crippen LogP contribution in [0.15, 0.2) is 12.1 Å². The lowest BCUT2D eigenvalue weighted by molar-refractivity contribution is 0.0203. The molecule has 0 bridgehead atoms. The monoisotopic (exact) mass is 380 g/mol. The number of aryl methyl sites for hydroxylation is 1. The number of phenolic OH excluding ortho intramolecular Hbond substituents is 1. The van der Waals surface area contributed by atoms with E-state index in [2.05, 4.69) is 10.2 Å². The minimum absolute atomic E-state index is 0. The highest BCUT2D eigenvalue weighted by molar-refractivity contribution is 5.85. The van der Waals surface area contributed by atoms with Gasteiger partial charge in [-0.15, -0.1) is 24.8 Å². The Bertz CT molecular complexity index is 504. The van der Waals surface area contributed by atoms with Gasteiger partial charge in [-0.05, 0) is 37.3 Å². The molecule has 0 amide bonds. The molecule has 2 heterocycles. The summed E-state index contributed by atoms with van der Waals surface area (Å²) in [5.74, 6) is -0.291. The molecule has 24 heavy (non-hydrogen) atoms. The lowest BCUT2D eigenvalue weighted by Crippen LogP contribution is -2.47. The first-order valence-electron chi connectivity index (χ1n) is 8.19. The van der Waals surface area contributed by atoms with E-state index >= 15 is 0 Å². The highest BCUT2D eigenvalue weighted by atomic mass is 35.5. The maximum absolute atomic E-state index is 13.9. The van der Waals surface area contributed by atoms with Gasteiger partial charge in [0.2, 0.25) is 0 Å². The van der Waals surface area contributed by atoms with Crippen molar-refractivity contribution in [2.24, 2.45) is 5.92 Å². The molecule has 2 aliphatic rings. The Hall–Kier alpha value is -0.590. The summed E-state index contributed by atoms with van der Waals surface area (Å²) in [7, 11) is 0. The molecular weight excluding hydrogens is 354 g/mol. The summed E-state index contributed by atoms with van der Waals surface area (Å²) in [6.45, 7) is 7.20. The highest BCUT2D eigenvalue weighted by Gasteiger charge is 2.34. The zero-order valence-electron chi connectivity index (χ0n) is 14.0. The van der Waals surface area contributed by atoms with Crippen LogP contribution in [0, 0.1) is 18.7 Å². The van der Waals surface area contributed by atoms with E-state index in [-0.39, 0.29) is 36.6 Å². The predicted molar refractivity (Wildman–Crippen MR) is 98.0 cm³/mol. The summed E-state index contributed by atoms with van der Waals surface area (Å²) in [6, 6.07) is 3.20. The van der Waals surface area contributed by atoms with Crippen LogP contribution in [-0.2, 0) is 4.74 Å². The first-order chi connectivity index (χ1) is 10.7. The van der Waals surface area contributed by atoms with E-state index < -0.39 is 5.82 Å². The van der Waals surface area contributed by atoms with E-state index in [1.807, 2.05) is 6.92 Å². The molecule has 0 spiro atoms. The number of phenols is 1. The van der Waals surface area contributed by atoms with Gasteiger partial charge in [0.25, 0.3) is 0 Å². The van der Waals surface area contributed by atoms with Gasteiger partial charge < -0.3 is 15.2 Å². The Morgan fingerprint density at radius 2 is 1.83 bits per heavy atom.